The number of fused-ring (bicyclic) bond motifs is 1. The van der Waals surface area contributed by atoms with Crippen LogP contribution in [0.4, 0.5) is 0 Å². The third kappa shape index (κ3) is 5.10. The number of unbranched alkanes of at least 4 members (excludes halogenated alkanes) is 3. The van der Waals surface area contributed by atoms with Crippen LogP contribution in [0.3, 0.4) is 0 Å². The van der Waals surface area contributed by atoms with E-state index in [1.165, 1.54) is 42.1 Å². The molecule has 0 aliphatic rings. The van der Waals surface area contributed by atoms with Gasteiger partial charge in [-0.3, -0.25) is 4.99 Å². The van der Waals surface area contributed by atoms with Crippen molar-refractivity contribution in [3.63, 3.8) is 0 Å². The summed E-state index contributed by atoms with van der Waals surface area (Å²) < 4.78 is 0. The summed E-state index contributed by atoms with van der Waals surface area (Å²) in [5, 5.41) is 4.50. The minimum absolute atomic E-state index is 0.579. The van der Waals surface area contributed by atoms with Crippen molar-refractivity contribution in [1.82, 2.24) is 10.3 Å². The Morgan fingerprint density at radius 2 is 2.05 bits per heavy atom. The fourth-order valence-electron chi connectivity index (χ4n) is 2.63. The van der Waals surface area contributed by atoms with Gasteiger partial charge in [-0.2, -0.15) is 0 Å². The molecule has 120 valence electrons. The molecule has 22 heavy (non-hydrogen) atoms. The molecule has 0 radical (unpaired) electrons. The standard InChI is InChI=1S/C18H28N4/c1-2-3-4-7-12-20-18(19)21-13-8-9-15-14-22-17-11-6-5-10-16(15)17/h5-6,10-11,14,22H,2-4,7-9,12-13H2,1H3,(H3,19,20,21). The number of nitrogens with one attached hydrogen (secondary N) is 2. The minimum Gasteiger partial charge on any atom is -0.370 e. The highest BCUT2D eigenvalue weighted by Gasteiger charge is 2.02. The smallest absolute Gasteiger partial charge is 0.188 e. The van der Waals surface area contributed by atoms with Gasteiger partial charge < -0.3 is 16.0 Å². The van der Waals surface area contributed by atoms with E-state index in [4.69, 9.17) is 5.73 Å². The van der Waals surface area contributed by atoms with Crippen LogP contribution in [0.15, 0.2) is 35.5 Å². The van der Waals surface area contributed by atoms with Crippen LogP contribution in [0.2, 0.25) is 0 Å². The van der Waals surface area contributed by atoms with Gasteiger partial charge in [0.05, 0.1) is 0 Å². The summed E-state index contributed by atoms with van der Waals surface area (Å²) in [5.41, 5.74) is 8.43. The number of guanidine groups is 1. The molecule has 0 aliphatic carbocycles. The first-order chi connectivity index (χ1) is 10.8. The van der Waals surface area contributed by atoms with Crippen LogP contribution in [0.1, 0.15) is 44.6 Å². The fraction of sp³-hybridized carbons (Fsp3) is 0.500. The molecule has 0 atom stereocenters. The number of aliphatic imine (C=N–C) groups is 1. The summed E-state index contributed by atoms with van der Waals surface area (Å²) in [6.45, 7) is 3.92. The molecule has 0 unspecified atom stereocenters. The number of H-pyrrole nitrogens is 1. The Morgan fingerprint density at radius 3 is 2.91 bits per heavy atom. The molecule has 4 N–H and O–H groups in total. The Balaban J connectivity index is 1.66. The number of para-hydroxylation sites is 1. The molecule has 0 bridgehead atoms. The zero-order valence-corrected chi connectivity index (χ0v) is 13.6. The van der Waals surface area contributed by atoms with E-state index in [0.717, 1.165) is 25.9 Å². The first-order valence-electron chi connectivity index (χ1n) is 8.40. The summed E-state index contributed by atoms with van der Waals surface area (Å²) in [5.74, 6) is 0.579. The Hall–Kier alpha value is -1.97. The predicted octanol–water partition coefficient (Wildman–Crippen LogP) is 3.59. The van der Waals surface area contributed by atoms with Gasteiger partial charge in [0.2, 0.25) is 0 Å². The lowest BCUT2D eigenvalue weighted by molar-refractivity contribution is 0.652. The van der Waals surface area contributed by atoms with E-state index in [9.17, 15) is 0 Å². The van der Waals surface area contributed by atoms with Crippen molar-refractivity contribution in [2.45, 2.75) is 45.4 Å². The second-order valence-electron chi connectivity index (χ2n) is 5.72. The lowest BCUT2D eigenvalue weighted by Gasteiger charge is -2.05. The van der Waals surface area contributed by atoms with Crippen LogP contribution in [-0.2, 0) is 6.42 Å². The van der Waals surface area contributed by atoms with E-state index in [1.54, 1.807) is 0 Å². The highest BCUT2D eigenvalue weighted by Crippen LogP contribution is 2.18. The van der Waals surface area contributed by atoms with Gasteiger partial charge in [-0.05, 0) is 30.9 Å². The maximum atomic E-state index is 5.87. The van der Waals surface area contributed by atoms with Gasteiger partial charge in [0.25, 0.3) is 0 Å². The Labute approximate surface area is 133 Å². The number of hydrogen-bond donors (Lipinski definition) is 3. The maximum absolute atomic E-state index is 5.87. The number of hydrogen-bond acceptors (Lipinski definition) is 1. The monoisotopic (exact) mass is 300 g/mol. The SMILES string of the molecule is CCCCCCNC(N)=NCCCc1c[nH]c2ccccc12. The van der Waals surface area contributed by atoms with E-state index >= 15 is 0 Å². The summed E-state index contributed by atoms with van der Waals surface area (Å²) in [6, 6.07) is 8.41. The molecule has 0 fully saturated rings. The predicted molar refractivity (Wildman–Crippen MR) is 95.3 cm³/mol. The van der Waals surface area contributed by atoms with Gasteiger partial charge in [0, 0.05) is 30.2 Å². The van der Waals surface area contributed by atoms with Crippen LogP contribution in [0.25, 0.3) is 10.9 Å². The lowest BCUT2D eigenvalue weighted by atomic mass is 10.1. The van der Waals surface area contributed by atoms with Gasteiger partial charge in [0.1, 0.15) is 0 Å². The summed E-state index contributed by atoms with van der Waals surface area (Å²) >= 11 is 0. The third-order valence-corrected chi connectivity index (χ3v) is 3.90. The van der Waals surface area contributed by atoms with E-state index in [-0.39, 0.29) is 0 Å². The van der Waals surface area contributed by atoms with Crippen molar-refractivity contribution >= 4 is 16.9 Å². The molecule has 0 amide bonds. The van der Waals surface area contributed by atoms with Crippen molar-refractivity contribution in [2.75, 3.05) is 13.1 Å². The first-order valence-corrected chi connectivity index (χ1v) is 8.40. The van der Waals surface area contributed by atoms with Crippen molar-refractivity contribution in [3.05, 3.63) is 36.0 Å². The minimum atomic E-state index is 0.579. The van der Waals surface area contributed by atoms with E-state index in [2.05, 4.69) is 52.7 Å². The van der Waals surface area contributed by atoms with Gasteiger partial charge >= 0.3 is 0 Å². The highest BCUT2D eigenvalue weighted by molar-refractivity contribution is 5.83. The first kappa shape index (κ1) is 16.4. The number of aromatic amines is 1. The van der Waals surface area contributed by atoms with Crippen LogP contribution >= 0.6 is 0 Å². The van der Waals surface area contributed by atoms with Crippen LogP contribution in [-0.4, -0.2) is 24.0 Å². The molecule has 4 nitrogen and oxygen atoms in total. The molecule has 0 spiro atoms. The van der Waals surface area contributed by atoms with Crippen molar-refractivity contribution < 1.29 is 0 Å². The zero-order valence-electron chi connectivity index (χ0n) is 13.6. The van der Waals surface area contributed by atoms with Crippen molar-refractivity contribution in [3.8, 4) is 0 Å². The Kier molecular flexibility index (Phi) is 6.81. The average Bonchev–Trinajstić information content (AvgIpc) is 2.95. The summed E-state index contributed by atoms with van der Waals surface area (Å²) in [7, 11) is 0. The number of rotatable bonds is 9. The van der Waals surface area contributed by atoms with Gasteiger partial charge in [-0.1, -0.05) is 44.4 Å². The zero-order chi connectivity index (χ0) is 15.6. The second-order valence-corrected chi connectivity index (χ2v) is 5.72. The third-order valence-electron chi connectivity index (χ3n) is 3.90. The molecule has 4 heteroatoms. The number of aromatic nitrogens is 1. The normalized spacial score (nSPS) is 12.0. The van der Waals surface area contributed by atoms with Crippen molar-refractivity contribution in [1.29, 1.82) is 0 Å². The lowest BCUT2D eigenvalue weighted by Crippen LogP contribution is -2.32. The Morgan fingerprint density at radius 1 is 1.18 bits per heavy atom. The highest BCUT2D eigenvalue weighted by atomic mass is 15.1. The molecule has 2 aromatic rings. The van der Waals surface area contributed by atoms with E-state index in [1.807, 2.05) is 0 Å². The Bertz CT molecular complexity index is 586. The number of nitrogens with two attached hydrogens (primary N) is 1. The van der Waals surface area contributed by atoms with Gasteiger partial charge in [-0.25, -0.2) is 0 Å². The van der Waals surface area contributed by atoms with Gasteiger partial charge in [-0.15, -0.1) is 0 Å². The van der Waals surface area contributed by atoms with Crippen molar-refractivity contribution in [2.24, 2.45) is 10.7 Å². The molecule has 1 aromatic carbocycles. The number of aryl methyl sites for hydroxylation is 1. The molecular weight excluding hydrogens is 272 g/mol. The quantitative estimate of drug-likeness (QED) is 0.376. The summed E-state index contributed by atoms with van der Waals surface area (Å²) in [4.78, 5) is 7.70. The second kappa shape index (κ2) is 9.13. The number of benzene rings is 1. The molecule has 0 aliphatic heterocycles. The summed E-state index contributed by atoms with van der Waals surface area (Å²) in [6.07, 6.45) is 9.12. The number of nitrogens with zero attached hydrogens (tertiary/aromatic N) is 1. The fourth-order valence-corrected chi connectivity index (χ4v) is 2.63. The molecule has 0 saturated heterocycles. The van der Waals surface area contributed by atoms with E-state index < -0.39 is 0 Å². The average molecular weight is 300 g/mol. The van der Waals surface area contributed by atoms with Gasteiger partial charge in [0.15, 0.2) is 5.96 Å². The van der Waals surface area contributed by atoms with Crippen LogP contribution in [0, 0.1) is 0 Å². The van der Waals surface area contributed by atoms with Crippen LogP contribution in [0.5, 0.6) is 0 Å². The topological polar surface area (TPSA) is 66.2 Å². The molecule has 0 saturated carbocycles. The molecule has 1 aromatic heterocycles. The van der Waals surface area contributed by atoms with E-state index in [0.29, 0.717) is 5.96 Å². The maximum Gasteiger partial charge on any atom is 0.188 e. The molecule has 1 heterocycles. The molecular formula is C18H28N4. The van der Waals surface area contributed by atoms with Crippen LogP contribution < -0.4 is 11.1 Å². The largest absolute Gasteiger partial charge is 0.370 e. The molecule has 2 rings (SSSR count).